The summed E-state index contributed by atoms with van der Waals surface area (Å²) in [5.41, 5.74) is 3.20. The molecule has 0 radical (unpaired) electrons. The van der Waals surface area contributed by atoms with Crippen LogP contribution in [0.4, 0.5) is 10.7 Å². The summed E-state index contributed by atoms with van der Waals surface area (Å²) in [6.07, 6.45) is 0. The number of benzene rings is 1. The Morgan fingerprint density at radius 3 is 3.00 bits per heavy atom. The number of nitriles is 1. The van der Waals surface area contributed by atoms with Crippen molar-refractivity contribution in [2.24, 2.45) is 7.05 Å². The van der Waals surface area contributed by atoms with Crippen LogP contribution in [-0.4, -0.2) is 13.9 Å². The van der Waals surface area contributed by atoms with Crippen molar-refractivity contribution in [3.63, 3.8) is 0 Å². The van der Waals surface area contributed by atoms with E-state index < -0.39 is 0 Å². The van der Waals surface area contributed by atoms with Gasteiger partial charge in [-0.15, -0.1) is 0 Å². The van der Waals surface area contributed by atoms with Crippen LogP contribution in [0.2, 0.25) is 5.15 Å². The second-order valence-electron chi connectivity index (χ2n) is 4.34. The van der Waals surface area contributed by atoms with Gasteiger partial charge in [0.1, 0.15) is 22.5 Å². The Hall–Kier alpha value is -2.10. The van der Waals surface area contributed by atoms with Crippen molar-refractivity contribution in [2.75, 3.05) is 5.32 Å². The van der Waals surface area contributed by atoms with Gasteiger partial charge in [0.2, 0.25) is 0 Å². The van der Waals surface area contributed by atoms with Gasteiger partial charge >= 0.3 is 0 Å². The molecule has 7 heteroatoms. The lowest BCUT2D eigenvalue weighted by Gasteiger charge is -2.04. The van der Waals surface area contributed by atoms with Gasteiger partial charge in [-0.25, -0.2) is 4.98 Å². The molecule has 0 amide bonds. The summed E-state index contributed by atoms with van der Waals surface area (Å²) in [5, 5.41) is 13.1. The predicted molar refractivity (Wildman–Crippen MR) is 80.6 cm³/mol. The summed E-state index contributed by atoms with van der Waals surface area (Å²) < 4.78 is 6.00. The fraction of sp³-hybridized carbons (Fsp3) is 0.154. The number of fused-ring (bicyclic) bond motifs is 1. The van der Waals surface area contributed by atoms with Crippen LogP contribution in [-0.2, 0) is 7.05 Å². The van der Waals surface area contributed by atoms with Gasteiger partial charge in [-0.05, 0) is 36.7 Å². The molecule has 0 aliphatic rings. The van der Waals surface area contributed by atoms with Crippen molar-refractivity contribution in [2.45, 2.75) is 6.92 Å². The number of anilines is 2. The molecule has 2 aromatic heterocycles. The van der Waals surface area contributed by atoms with Crippen molar-refractivity contribution < 1.29 is 0 Å². The average molecular weight is 304 g/mol. The third-order valence-corrected chi connectivity index (χ3v) is 4.26. The van der Waals surface area contributed by atoms with Gasteiger partial charge in [0.15, 0.2) is 5.15 Å². The predicted octanol–water partition coefficient (Wildman–Crippen LogP) is 3.61. The topological polar surface area (TPSA) is 66.5 Å². The monoisotopic (exact) mass is 303 g/mol. The van der Waals surface area contributed by atoms with Crippen LogP contribution >= 0.6 is 23.1 Å². The van der Waals surface area contributed by atoms with Crippen LogP contribution in [0.15, 0.2) is 18.2 Å². The molecule has 3 rings (SSSR count). The third-order valence-electron chi connectivity index (χ3n) is 3.12. The molecule has 3 aromatic rings. The summed E-state index contributed by atoms with van der Waals surface area (Å²) in [7, 11) is 1.98. The van der Waals surface area contributed by atoms with E-state index in [9.17, 15) is 0 Å². The first kappa shape index (κ1) is 12.9. The highest BCUT2D eigenvalue weighted by atomic mass is 35.5. The normalized spacial score (nSPS) is 10.7. The van der Waals surface area contributed by atoms with E-state index in [1.165, 1.54) is 11.5 Å². The van der Waals surface area contributed by atoms with E-state index in [1.807, 2.05) is 42.8 Å². The first-order valence-electron chi connectivity index (χ1n) is 5.85. The number of hydrogen-bond donors (Lipinski definition) is 1. The maximum atomic E-state index is 9.05. The van der Waals surface area contributed by atoms with Gasteiger partial charge in [0, 0.05) is 12.7 Å². The van der Waals surface area contributed by atoms with Crippen LogP contribution in [0.3, 0.4) is 0 Å². The maximum Gasteiger partial charge on any atom is 0.162 e. The molecule has 100 valence electrons. The number of halogens is 1. The Morgan fingerprint density at radius 1 is 1.45 bits per heavy atom. The molecule has 0 aliphatic heterocycles. The fourth-order valence-corrected chi connectivity index (χ4v) is 2.94. The molecular formula is C13H10ClN5S. The Bertz CT molecular complexity index is 842. The van der Waals surface area contributed by atoms with E-state index in [0.717, 1.165) is 22.5 Å². The van der Waals surface area contributed by atoms with E-state index >= 15 is 0 Å². The van der Waals surface area contributed by atoms with Crippen LogP contribution < -0.4 is 5.32 Å². The van der Waals surface area contributed by atoms with Gasteiger partial charge in [-0.1, -0.05) is 11.6 Å². The van der Waals surface area contributed by atoms with Gasteiger partial charge in [0.05, 0.1) is 11.0 Å². The summed E-state index contributed by atoms with van der Waals surface area (Å²) in [4.78, 5) is 4.48. The Kier molecular flexibility index (Phi) is 3.08. The first-order valence-corrected chi connectivity index (χ1v) is 7.00. The second-order valence-corrected chi connectivity index (χ2v) is 5.47. The molecule has 0 fully saturated rings. The highest BCUT2D eigenvalue weighted by Crippen LogP contribution is 2.31. The van der Waals surface area contributed by atoms with Crippen LogP contribution in [0.5, 0.6) is 0 Å². The Balaban J connectivity index is 2.01. The zero-order chi connectivity index (χ0) is 14.3. The van der Waals surface area contributed by atoms with Gasteiger partial charge in [-0.2, -0.15) is 9.64 Å². The van der Waals surface area contributed by atoms with Crippen molar-refractivity contribution in [3.05, 3.63) is 34.7 Å². The van der Waals surface area contributed by atoms with Crippen molar-refractivity contribution in [1.82, 2.24) is 13.9 Å². The minimum atomic E-state index is 0.231. The van der Waals surface area contributed by atoms with Crippen molar-refractivity contribution >= 4 is 44.9 Å². The molecule has 0 atom stereocenters. The number of rotatable bonds is 2. The SMILES string of the molecule is Cc1nc2cc(Nc3snc(Cl)c3C#N)ccc2n1C. The molecule has 0 spiro atoms. The number of nitrogens with zero attached hydrogens (tertiary/aromatic N) is 4. The zero-order valence-corrected chi connectivity index (χ0v) is 12.4. The van der Waals surface area contributed by atoms with E-state index in [-0.39, 0.29) is 5.15 Å². The highest BCUT2D eigenvalue weighted by Gasteiger charge is 2.12. The van der Waals surface area contributed by atoms with Crippen LogP contribution in [0.1, 0.15) is 11.4 Å². The summed E-state index contributed by atoms with van der Waals surface area (Å²) >= 11 is 7.02. The van der Waals surface area contributed by atoms with E-state index in [2.05, 4.69) is 14.7 Å². The molecule has 1 N–H and O–H groups in total. The molecule has 0 bridgehead atoms. The molecular weight excluding hydrogens is 294 g/mol. The minimum absolute atomic E-state index is 0.231. The number of aromatic nitrogens is 3. The van der Waals surface area contributed by atoms with Gasteiger partial charge in [-0.3, -0.25) is 0 Å². The van der Waals surface area contributed by atoms with Crippen molar-refractivity contribution in [1.29, 1.82) is 5.26 Å². The molecule has 20 heavy (non-hydrogen) atoms. The number of hydrogen-bond acceptors (Lipinski definition) is 5. The zero-order valence-electron chi connectivity index (χ0n) is 10.8. The quantitative estimate of drug-likeness (QED) is 0.785. The fourth-order valence-electron chi connectivity index (χ4n) is 1.98. The van der Waals surface area contributed by atoms with Gasteiger partial charge in [0.25, 0.3) is 0 Å². The number of imidazole rings is 1. The smallest absolute Gasteiger partial charge is 0.162 e. The van der Waals surface area contributed by atoms with E-state index in [1.54, 1.807) is 0 Å². The summed E-state index contributed by atoms with van der Waals surface area (Å²) in [6, 6.07) is 7.92. The van der Waals surface area contributed by atoms with Crippen LogP contribution in [0.25, 0.3) is 11.0 Å². The van der Waals surface area contributed by atoms with Crippen molar-refractivity contribution in [3.8, 4) is 6.07 Å². The minimum Gasteiger partial charge on any atom is -0.345 e. The number of nitrogens with one attached hydrogen (secondary N) is 1. The average Bonchev–Trinajstić information content (AvgIpc) is 2.91. The standard InChI is InChI=1S/C13H10ClN5S/c1-7-16-10-5-8(3-4-11(10)19(7)2)17-13-9(6-15)12(14)18-20-13/h3-5,17H,1-2H3. The van der Waals surface area contributed by atoms with Gasteiger partial charge < -0.3 is 9.88 Å². The highest BCUT2D eigenvalue weighted by molar-refractivity contribution is 7.11. The molecule has 0 saturated carbocycles. The lowest BCUT2D eigenvalue weighted by atomic mass is 10.2. The molecule has 0 aliphatic carbocycles. The molecule has 0 unspecified atom stereocenters. The molecule has 2 heterocycles. The van der Waals surface area contributed by atoms with Crippen LogP contribution in [0, 0.1) is 18.3 Å². The summed E-state index contributed by atoms with van der Waals surface area (Å²) in [5.74, 6) is 0.954. The first-order chi connectivity index (χ1) is 9.60. The molecule has 0 saturated heterocycles. The van der Waals surface area contributed by atoms with E-state index in [4.69, 9.17) is 16.9 Å². The largest absolute Gasteiger partial charge is 0.345 e. The second kappa shape index (κ2) is 4.78. The molecule has 5 nitrogen and oxygen atoms in total. The lowest BCUT2D eigenvalue weighted by molar-refractivity contribution is 0.886. The Morgan fingerprint density at radius 2 is 2.25 bits per heavy atom. The number of aryl methyl sites for hydroxylation is 2. The molecule has 1 aromatic carbocycles. The van der Waals surface area contributed by atoms with E-state index in [0.29, 0.717) is 10.6 Å². The third kappa shape index (κ3) is 2.01. The maximum absolute atomic E-state index is 9.05. The Labute approximate surface area is 124 Å². The summed E-state index contributed by atoms with van der Waals surface area (Å²) in [6.45, 7) is 1.96. The lowest BCUT2D eigenvalue weighted by Crippen LogP contribution is -1.91.